The molecular formula is C17H21N3NaO4S. The normalized spacial score (nSPS) is 11.4. The second-order valence-corrected chi connectivity index (χ2v) is 6.83. The fraction of sp³-hybridized carbons (Fsp3) is 0.294. The third kappa shape index (κ3) is 4.51. The molecule has 3 N–H and O–H groups in total. The van der Waals surface area contributed by atoms with E-state index in [1.54, 1.807) is 20.4 Å². The molecule has 3 rings (SSSR count). The fourth-order valence-corrected chi connectivity index (χ4v) is 3.71. The molecule has 7 nitrogen and oxygen atoms in total. The maximum atomic E-state index is 12.7. The van der Waals surface area contributed by atoms with Crippen molar-refractivity contribution < 1.29 is 19.5 Å². The minimum absolute atomic E-state index is 0. The van der Waals surface area contributed by atoms with Crippen molar-refractivity contribution in [2.24, 2.45) is 0 Å². The second kappa shape index (κ2) is 9.59. The van der Waals surface area contributed by atoms with Crippen LogP contribution in [-0.2, 0) is 16.9 Å². The molecule has 0 aliphatic rings. The van der Waals surface area contributed by atoms with Gasteiger partial charge in [-0.25, -0.2) is 0 Å². The number of fused-ring (bicyclic) bond motifs is 1. The summed E-state index contributed by atoms with van der Waals surface area (Å²) in [5.41, 5.74) is 4.16. The van der Waals surface area contributed by atoms with Crippen molar-refractivity contribution in [3.63, 3.8) is 0 Å². The molecule has 9 heteroatoms. The average Bonchev–Trinajstić information content (AvgIpc) is 3.01. The molecule has 0 saturated heterocycles. The van der Waals surface area contributed by atoms with Crippen LogP contribution >= 0.6 is 0 Å². The zero-order valence-electron chi connectivity index (χ0n) is 15.5. The summed E-state index contributed by atoms with van der Waals surface area (Å²) in [6.07, 6.45) is 1.74. The number of H-pyrrole nitrogens is 1. The molecule has 2 heterocycles. The van der Waals surface area contributed by atoms with Crippen LogP contribution in [0.2, 0.25) is 0 Å². The van der Waals surface area contributed by atoms with Crippen LogP contribution in [0.25, 0.3) is 11.0 Å². The first kappa shape index (κ1) is 22.8. The van der Waals surface area contributed by atoms with Gasteiger partial charge in [0.25, 0.3) is 0 Å². The Kier molecular flexibility index (Phi) is 8.39. The first-order valence-corrected chi connectivity index (χ1v) is 8.76. The van der Waals surface area contributed by atoms with Gasteiger partial charge in [0, 0.05) is 64.1 Å². The minimum Gasteiger partial charge on any atom is -0.609 e. The van der Waals surface area contributed by atoms with E-state index in [2.05, 4.69) is 15.0 Å². The van der Waals surface area contributed by atoms with Crippen LogP contribution < -0.4 is 9.47 Å². The Hall–Kier alpha value is -1.29. The smallest absolute Gasteiger partial charge is 0.322 e. The summed E-state index contributed by atoms with van der Waals surface area (Å²) in [4.78, 5) is 11.9. The van der Waals surface area contributed by atoms with E-state index in [9.17, 15) is 4.55 Å². The second-order valence-electron chi connectivity index (χ2n) is 5.46. The van der Waals surface area contributed by atoms with E-state index in [0.717, 1.165) is 33.6 Å². The summed E-state index contributed by atoms with van der Waals surface area (Å²) in [5.74, 6) is 1.78. The van der Waals surface area contributed by atoms with Crippen LogP contribution in [0.5, 0.6) is 11.5 Å². The van der Waals surface area contributed by atoms with Crippen molar-refractivity contribution in [2.75, 3.05) is 14.2 Å². The van der Waals surface area contributed by atoms with Crippen molar-refractivity contribution in [3.05, 3.63) is 41.2 Å². The van der Waals surface area contributed by atoms with Gasteiger partial charge in [0.15, 0.2) is 5.75 Å². The standard InChI is InChI=1S/C17H19N3O3S.Na.H2O/c1-10-8-18-15(11(2)16(10)23-4)9-24(21)17-19-13-6-5-12(22-3)7-14(13)20-17;;/h5-8H,9H2,1-4H3,(H,19,20);;1H2. The quantitative estimate of drug-likeness (QED) is 0.529. The zero-order chi connectivity index (χ0) is 17.3. The molecule has 1 radical (unpaired) electrons. The van der Waals surface area contributed by atoms with Crippen molar-refractivity contribution in [1.82, 2.24) is 15.0 Å². The topological polar surface area (TPSA) is 115 Å². The first-order chi connectivity index (χ1) is 11.5. The summed E-state index contributed by atoms with van der Waals surface area (Å²) in [5, 5.41) is 0.430. The fourth-order valence-electron chi connectivity index (χ4n) is 2.61. The summed E-state index contributed by atoms with van der Waals surface area (Å²) < 4.78 is 23.3. The Bertz CT molecular complexity index is 888. The number of ether oxygens (including phenoxy) is 2. The van der Waals surface area contributed by atoms with Crippen LogP contribution in [0.1, 0.15) is 16.8 Å². The predicted octanol–water partition coefficient (Wildman–Crippen LogP) is 1.69. The zero-order valence-corrected chi connectivity index (χ0v) is 18.4. The Morgan fingerprint density at radius 3 is 2.58 bits per heavy atom. The van der Waals surface area contributed by atoms with E-state index < -0.39 is 11.2 Å². The van der Waals surface area contributed by atoms with E-state index in [0.29, 0.717) is 10.9 Å². The Balaban J connectivity index is 0.00000169. The molecule has 0 fully saturated rings. The molecule has 1 unspecified atom stereocenters. The number of rotatable bonds is 5. The molecule has 0 aliphatic heterocycles. The van der Waals surface area contributed by atoms with E-state index in [-0.39, 0.29) is 40.8 Å². The maximum absolute atomic E-state index is 12.7. The van der Waals surface area contributed by atoms with Gasteiger partial charge in [-0.15, -0.1) is 0 Å². The summed E-state index contributed by atoms with van der Waals surface area (Å²) in [7, 11) is 3.23. The Morgan fingerprint density at radius 2 is 1.92 bits per heavy atom. The van der Waals surface area contributed by atoms with Crippen LogP contribution in [0.15, 0.2) is 29.6 Å². The molecule has 0 saturated carbocycles. The van der Waals surface area contributed by atoms with Gasteiger partial charge in [-0.2, -0.15) is 4.98 Å². The number of nitrogens with zero attached hydrogens (tertiary/aromatic N) is 2. The summed E-state index contributed by atoms with van der Waals surface area (Å²) in [6, 6.07) is 5.51. The SMILES string of the molecule is COc1ccc2[nH]c([S+]([O-])Cc3ncc(C)c(OC)c3C)nc2c1.O.[Na]. The monoisotopic (exact) mass is 386 g/mol. The van der Waals surface area contributed by atoms with Crippen molar-refractivity contribution in [3.8, 4) is 11.5 Å². The number of hydrogen-bond donors (Lipinski definition) is 1. The number of aryl methyl sites for hydroxylation is 1. The Labute approximate surface area is 177 Å². The molecule has 0 amide bonds. The maximum Gasteiger partial charge on any atom is 0.322 e. The van der Waals surface area contributed by atoms with Gasteiger partial charge in [-0.05, 0) is 26.0 Å². The van der Waals surface area contributed by atoms with Gasteiger partial charge in [-0.3, -0.25) is 9.97 Å². The largest absolute Gasteiger partial charge is 0.609 e. The molecule has 1 aromatic carbocycles. The average molecular weight is 386 g/mol. The van der Waals surface area contributed by atoms with Gasteiger partial charge in [-0.1, -0.05) is 0 Å². The molecule has 1 atom stereocenters. The van der Waals surface area contributed by atoms with Crippen LogP contribution in [-0.4, -0.2) is 68.8 Å². The number of benzene rings is 1. The van der Waals surface area contributed by atoms with E-state index in [1.165, 1.54) is 0 Å². The number of hydrogen-bond acceptors (Lipinski definition) is 5. The summed E-state index contributed by atoms with van der Waals surface area (Å²) in [6.45, 7) is 3.86. The van der Waals surface area contributed by atoms with Gasteiger partial charge in [0.05, 0.1) is 30.9 Å². The molecule has 135 valence electrons. The third-order valence-corrected chi connectivity index (χ3v) is 5.06. The number of methoxy groups -OCH3 is 2. The van der Waals surface area contributed by atoms with Crippen LogP contribution in [0, 0.1) is 13.8 Å². The molecule has 0 bridgehead atoms. The number of aromatic nitrogens is 3. The Morgan fingerprint density at radius 1 is 1.19 bits per heavy atom. The van der Waals surface area contributed by atoms with Crippen molar-refractivity contribution >= 4 is 51.8 Å². The van der Waals surface area contributed by atoms with E-state index in [1.807, 2.05) is 32.0 Å². The number of imidazole rings is 1. The molecular weight excluding hydrogens is 365 g/mol. The van der Waals surface area contributed by atoms with Gasteiger partial charge >= 0.3 is 5.16 Å². The minimum atomic E-state index is -1.33. The van der Waals surface area contributed by atoms with Crippen molar-refractivity contribution in [1.29, 1.82) is 0 Å². The molecule has 3 aromatic rings. The number of nitrogens with one attached hydrogen (secondary N) is 1. The van der Waals surface area contributed by atoms with Gasteiger partial charge < -0.3 is 19.5 Å². The van der Waals surface area contributed by atoms with Crippen LogP contribution in [0.3, 0.4) is 0 Å². The number of pyridine rings is 1. The third-order valence-electron chi connectivity index (χ3n) is 3.90. The van der Waals surface area contributed by atoms with Gasteiger partial charge in [0.2, 0.25) is 0 Å². The molecule has 0 aliphatic carbocycles. The van der Waals surface area contributed by atoms with Crippen LogP contribution in [0.4, 0.5) is 0 Å². The summed E-state index contributed by atoms with van der Waals surface area (Å²) >= 11 is -1.33. The van der Waals surface area contributed by atoms with E-state index in [4.69, 9.17) is 9.47 Å². The molecule has 2 aromatic heterocycles. The van der Waals surface area contributed by atoms with Crippen molar-refractivity contribution in [2.45, 2.75) is 24.8 Å². The number of aromatic amines is 1. The van der Waals surface area contributed by atoms with E-state index >= 15 is 0 Å². The first-order valence-electron chi connectivity index (χ1n) is 7.44. The molecule has 26 heavy (non-hydrogen) atoms. The predicted molar refractivity (Wildman–Crippen MR) is 102 cm³/mol. The van der Waals surface area contributed by atoms with Gasteiger partial charge in [0.1, 0.15) is 11.5 Å². The molecule has 0 spiro atoms.